The van der Waals surface area contributed by atoms with Crippen LogP contribution in [0.25, 0.3) is 17.0 Å². The fraction of sp³-hybridized carbons (Fsp3) is 0.531. The van der Waals surface area contributed by atoms with Crippen molar-refractivity contribution in [1.82, 2.24) is 20.7 Å². The van der Waals surface area contributed by atoms with E-state index in [4.69, 9.17) is 14.5 Å². The Bertz CT molecular complexity index is 1370. The summed E-state index contributed by atoms with van der Waals surface area (Å²) in [5, 5.41) is 5.40. The molecule has 0 radical (unpaired) electrons. The van der Waals surface area contributed by atoms with Gasteiger partial charge in [-0.15, -0.1) is 0 Å². The smallest absolute Gasteiger partial charge is 0.318 e. The van der Waals surface area contributed by atoms with E-state index in [-0.39, 0.29) is 42.6 Å². The number of nitrogens with zero attached hydrogens (tertiary/aromatic N) is 2. The number of esters is 1. The maximum atomic E-state index is 13.5. The van der Waals surface area contributed by atoms with Gasteiger partial charge in [0.25, 0.3) is 0 Å². The van der Waals surface area contributed by atoms with Gasteiger partial charge in [-0.2, -0.15) is 0 Å². The number of aromatic nitrogens is 1. The Kier molecular flexibility index (Phi) is 9.78. The van der Waals surface area contributed by atoms with Crippen LogP contribution in [0.15, 0.2) is 36.4 Å². The molecule has 2 aliphatic rings. The molecule has 1 fully saturated rings. The van der Waals surface area contributed by atoms with Gasteiger partial charge in [0.15, 0.2) is 11.9 Å². The van der Waals surface area contributed by atoms with Crippen molar-refractivity contribution < 1.29 is 28.7 Å². The van der Waals surface area contributed by atoms with Crippen molar-refractivity contribution in [3.63, 3.8) is 0 Å². The summed E-state index contributed by atoms with van der Waals surface area (Å²) in [5.74, 6) is -2.40. The summed E-state index contributed by atoms with van der Waals surface area (Å²) in [6, 6.07) is 8.67. The second kappa shape index (κ2) is 13.1. The molecule has 226 valence electrons. The molecule has 10 nitrogen and oxygen atoms in total. The topological polar surface area (TPSA) is 127 Å². The Balaban J connectivity index is 1.74. The highest BCUT2D eigenvalue weighted by Gasteiger charge is 2.38. The first-order chi connectivity index (χ1) is 19.9. The van der Waals surface area contributed by atoms with Crippen LogP contribution in [-0.4, -0.2) is 66.0 Å². The molecule has 2 aliphatic heterocycles. The standard InChI is InChI=1S/C32H42N4O6/c1-19(2)28-27(37)16-20(3)30(39)36-15-7-8-25(35-36)29(38)33-21(4)24-12-11-23-10-9-22(17-26(23)34-24)13-14-32(5,18-41-6)31(40)42-28/h9-14,17,19-21,25,28,35H,7-8,15-16,18H2,1-6H3,(H,33,38)/b14-13+/t20-,21?,25+,28+,32+/m1/s1. The van der Waals surface area contributed by atoms with Crippen molar-refractivity contribution in [2.45, 2.75) is 72.1 Å². The minimum atomic E-state index is -1.17. The Hall–Kier alpha value is -3.63. The third-order valence-electron chi connectivity index (χ3n) is 7.95. The molecule has 42 heavy (non-hydrogen) atoms. The number of carbonyl (C=O) groups excluding carboxylic acids is 4. The van der Waals surface area contributed by atoms with Gasteiger partial charge in [0, 0.05) is 31.4 Å². The van der Waals surface area contributed by atoms with E-state index in [9.17, 15) is 19.2 Å². The van der Waals surface area contributed by atoms with Gasteiger partial charge in [-0.3, -0.25) is 29.2 Å². The molecule has 0 spiro atoms. The van der Waals surface area contributed by atoms with Gasteiger partial charge in [0.05, 0.1) is 23.9 Å². The summed E-state index contributed by atoms with van der Waals surface area (Å²) < 4.78 is 11.2. The normalized spacial score (nSPS) is 29.0. The number of pyridine rings is 1. The Labute approximate surface area is 247 Å². The number of cyclic esters (lactones) is 1. The first-order valence-corrected chi connectivity index (χ1v) is 14.6. The number of hydrogen-bond acceptors (Lipinski definition) is 8. The van der Waals surface area contributed by atoms with Crippen molar-refractivity contribution in [3.8, 4) is 0 Å². The van der Waals surface area contributed by atoms with Crippen LogP contribution in [0.5, 0.6) is 0 Å². The summed E-state index contributed by atoms with van der Waals surface area (Å²) in [5.41, 5.74) is 4.15. The number of ether oxygens (including phenoxy) is 2. The predicted octanol–water partition coefficient (Wildman–Crippen LogP) is 3.75. The van der Waals surface area contributed by atoms with Crippen molar-refractivity contribution >= 4 is 40.5 Å². The number of carbonyl (C=O) groups is 4. The van der Waals surface area contributed by atoms with Crippen LogP contribution in [0.2, 0.25) is 0 Å². The highest BCUT2D eigenvalue weighted by Crippen LogP contribution is 2.27. The summed E-state index contributed by atoms with van der Waals surface area (Å²) in [6.07, 6.45) is 3.63. The monoisotopic (exact) mass is 578 g/mol. The molecular formula is C32H42N4O6. The maximum absolute atomic E-state index is 13.5. The molecule has 10 heteroatoms. The molecule has 3 heterocycles. The number of fused-ring (bicyclic) bond motifs is 4. The quantitative estimate of drug-likeness (QED) is 0.528. The average molecular weight is 579 g/mol. The Morgan fingerprint density at radius 1 is 1.14 bits per heavy atom. The summed E-state index contributed by atoms with van der Waals surface area (Å²) in [4.78, 5) is 58.2. The van der Waals surface area contributed by atoms with Gasteiger partial charge < -0.3 is 14.8 Å². The summed E-state index contributed by atoms with van der Waals surface area (Å²) in [7, 11) is 1.50. The molecule has 4 rings (SSSR count). The molecule has 1 aromatic carbocycles. The molecule has 1 unspecified atom stereocenters. The maximum Gasteiger partial charge on any atom is 0.318 e. The van der Waals surface area contributed by atoms with Crippen LogP contribution in [0.1, 0.15) is 71.2 Å². The van der Waals surface area contributed by atoms with Gasteiger partial charge >= 0.3 is 5.97 Å². The van der Waals surface area contributed by atoms with Gasteiger partial charge in [-0.25, -0.2) is 5.43 Å². The van der Waals surface area contributed by atoms with Gasteiger partial charge in [-0.05, 0) is 50.3 Å². The van der Waals surface area contributed by atoms with Gasteiger partial charge in [-0.1, -0.05) is 51.1 Å². The van der Waals surface area contributed by atoms with Crippen LogP contribution < -0.4 is 10.7 Å². The molecule has 0 saturated carbocycles. The molecule has 0 aliphatic carbocycles. The third kappa shape index (κ3) is 7.04. The molecule has 2 amide bonds. The first kappa shape index (κ1) is 31.3. The summed E-state index contributed by atoms with van der Waals surface area (Å²) >= 11 is 0. The zero-order chi connectivity index (χ0) is 30.6. The molecule has 1 saturated heterocycles. The lowest BCUT2D eigenvalue weighted by Crippen LogP contribution is -2.58. The van der Waals surface area contributed by atoms with Crippen molar-refractivity contribution in [3.05, 3.63) is 47.7 Å². The predicted molar refractivity (Wildman–Crippen MR) is 159 cm³/mol. The fourth-order valence-corrected chi connectivity index (χ4v) is 5.37. The van der Waals surface area contributed by atoms with Crippen LogP contribution in [0.3, 0.4) is 0 Å². The molecule has 1 aromatic heterocycles. The zero-order valence-electron chi connectivity index (χ0n) is 25.3. The number of benzene rings is 1. The second-order valence-corrected chi connectivity index (χ2v) is 12.1. The zero-order valence-corrected chi connectivity index (χ0v) is 25.3. The van der Waals surface area contributed by atoms with E-state index in [0.29, 0.717) is 25.1 Å². The number of Topliss-reactive ketones (excluding diaryl/α,β-unsaturated/α-hetero) is 1. The Morgan fingerprint density at radius 2 is 1.88 bits per heavy atom. The highest BCUT2D eigenvalue weighted by molar-refractivity contribution is 5.92. The van der Waals surface area contributed by atoms with E-state index in [1.807, 2.05) is 43.3 Å². The number of amides is 2. The van der Waals surface area contributed by atoms with E-state index >= 15 is 0 Å². The van der Waals surface area contributed by atoms with Crippen LogP contribution in [0, 0.1) is 17.3 Å². The van der Waals surface area contributed by atoms with E-state index in [1.165, 1.54) is 12.1 Å². The SMILES string of the molecule is COC[C@]1(C)/C=C/c2ccc3ccc(nc3c2)C(C)NC(=O)[C@@H]2CCCN(N2)C(=O)[C@H](C)CC(=O)[C@H](C(C)C)OC1=O. The molecule has 5 atom stereocenters. The number of nitrogens with one attached hydrogen (secondary N) is 2. The fourth-order valence-electron chi connectivity index (χ4n) is 5.37. The lowest BCUT2D eigenvalue weighted by Gasteiger charge is -2.35. The average Bonchev–Trinajstić information content (AvgIpc) is 2.97. The number of hydrazine groups is 1. The Morgan fingerprint density at radius 3 is 2.60 bits per heavy atom. The highest BCUT2D eigenvalue weighted by atomic mass is 16.6. The molecule has 2 aromatic rings. The number of hydrogen-bond donors (Lipinski definition) is 2. The largest absolute Gasteiger partial charge is 0.453 e. The van der Waals surface area contributed by atoms with E-state index in [0.717, 1.165) is 16.5 Å². The summed E-state index contributed by atoms with van der Waals surface area (Å²) in [6.45, 7) is 9.34. The molecule has 2 N–H and O–H groups in total. The van der Waals surface area contributed by atoms with Crippen LogP contribution in [0.4, 0.5) is 0 Å². The van der Waals surface area contributed by atoms with Gasteiger partial charge in [0.2, 0.25) is 11.8 Å². The van der Waals surface area contributed by atoms with E-state index in [2.05, 4.69) is 10.7 Å². The minimum absolute atomic E-state index is 0.0468. The van der Waals surface area contributed by atoms with Crippen LogP contribution >= 0.6 is 0 Å². The first-order valence-electron chi connectivity index (χ1n) is 14.6. The van der Waals surface area contributed by atoms with E-state index < -0.39 is 29.4 Å². The lowest BCUT2D eigenvalue weighted by atomic mass is 9.89. The van der Waals surface area contributed by atoms with Crippen molar-refractivity contribution in [1.29, 1.82) is 0 Å². The minimum Gasteiger partial charge on any atom is -0.453 e. The second-order valence-electron chi connectivity index (χ2n) is 12.1. The van der Waals surface area contributed by atoms with Crippen molar-refractivity contribution in [2.75, 3.05) is 20.3 Å². The van der Waals surface area contributed by atoms with Crippen LogP contribution in [-0.2, 0) is 28.7 Å². The molecule has 5 bridgehead atoms. The number of rotatable bonds is 3. The molecular weight excluding hydrogens is 536 g/mol. The van der Waals surface area contributed by atoms with E-state index in [1.54, 1.807) is 33.8 Å². The van der Waals surface area contributed by atoms with Crippen molar-refractivity contribution in [2.24, 2.45) is 17.3 Å². The number of methoxy groups -OCH3 is 1. The number of ketones is 1. The third-order valence-corrected chi connectivity index (χ3v) is 7.95. The lowest BCUT2D eigenvalue weighted by molar-refractivity contribution is -0.167. The van der Waals surface area contributed by atoms with Gasteiger partial charge in [0.1, 0.15) is 11.5 Å².